The number of carbonyl (C=O) groups excluding carboxylic acids is 2. The highest BCUT2D eigenvalue weighted by atomic mass is 16.5. The van der Waals surface area contributed by atoms with E-state index in [1.807, 2.05) is 0 Å². The Kier molecular flexibility index (Phi) is 5.11. The topological polar surface area (TPSA) is 46.6 Å². The molecule has 0 aliphatic rings. The molecule has 4 heteroatoms. The molecule has 0 unspecified atom stereocenters. The summed E-state index contributed by atoms with van der Waals surface area (Å²) in [6.45, 7) is 5.34. The highest BCUT2D eigenvalue weighted by Gasteiger charge is 2.12. The molecule has 0 rings (SSSR count). The zero-order chi connectivity index (χ0) is 10.4. The highest BCUT2D eigenvalue weighted by Crippen LogP contribution is 1.94. The lowest BCUT2D eigenvalue weighted by molar-refractivity contribution is -0.151. The van der Waals surface area contributed by atoms with E-state index in [1.54, 1.807) is 27.8 Å². The van der Waals surface area contributed by atoms with Crippen molar-refractivity contribution in [2.24, 2.45) is 0 Å². The van der Waals surface area contributed by atoms with Gasteiger partial charge < -0.3 is 9.64 Å². The van der Waals surface area contributed by atoms with E-state index in [1.165, 1.54) is 4.90 Å². The van der Waals surface area contributed by atoms with Crippen molar-refractivity contribution in [1.29, 1.82) is 0 Å². The zero-order valence-corrected chi connectivity index (χ0v) is 8.66. The molecule has 76 valence electrons. The monoisotopic (exact) mass is 187 g/mol. The van der Waals surface area contributed by atoms with Gasteiger partial charge in [0.05, 0.1) is 6.10 Å². The smallest absolute Gasteiger partial charge is 0.325 e. The van der Waals surface area contributed by atoms with Crippen molar-refractivity contribution >= 4 is 11.9 Å². The number of hydrogen-bond donors (Lipinski definition) is 0. The summed E-state index contributed by atoms with van der Waals surface area (Å²) in [6, 6.07) is 0. The molecule has 0 saturated carbocycles. The molecule has 0 atom stereocenters. The molecule has 0 aromatic rings. The third-order valence-corrected chi connectivity index (χ3v) is 1.46. The van der Waals surface area contributed by atoms with E-state index in [0.717, 1.165) is 0 Å². The normalized spacial score (nSPS) is 9.92. The molecule has 0 aromatic heterocycles. The predicted molar refractivity (Wildman–Crippen MR) is 49.2 cm³/mol. The Balaban J connectivity index is 3.85. The van der Waals surface area contributed by atoms with Crippen LogP contribution in [0.2, 0.25) is 0 Å². The summed E-state index contributed by atoms with van der Waals surface area (Å²) in [7, 11) is 1.59. The number of esters is 1. The first-order chi connectivity index (χ1) is 5.97. The van der Waals surface area contributed by atoms with E-state index in [4.69, 9.17) is 4.74 Å². The van der Waals surface area contributed by atoms with Gasteiger partial charge >= 0.3 is 5.97 Å². The van der Waals surface area contributed by atoms with Gasteiger partial charge in [0, 0.05) is 13.5 Å². The van der Waals surface area contributed by atoms with E-state index in [2.05, 4.69) is 0 Å². The van der Waals surface area contributed by atoms with Crippen molar-refractivity contribution in [1.82, 2.24) is 4.90 Å². The van der Waals surface area contributed by atoms with Crippen LogP contribution in [-0.4, -0.2) is 36.5 Å². The highest BCUT2D eigenvalue weighted by molar-refractivity contribution is 5.81. The van der Waals surface area contributed by atoms with E-state index in [-0.39, 0.29) is 24.5 Å². The fourth-order valence-corrected chi connectivity index (χ4v) is 0.852. The molecule has 0 aliphatic heterocycles. The van der Waals surface area contributed by atoms with Crippen LogP contribution in [0, 0.1) is 0 Å². The van der Waals surface area contributed by atoms with Crippen LogP contribution in [0.25, 0.3) is 0 Å². The van der Waals surface area contributed by atoms with Crippen LogP contribution >= 0.6 is 0 Å². The summed E-state index contributed by atoms with van der Waals surface area (Å²) in [5.41, 5.74) is 0. The summed E-state index contributed by atoms with van der Waals surface area (Å²) in [5, 5.41) is 0. The number of likely N-dealkylation sites (N-methyl/N-ethyl adjacent to an activating group) is 1. The third-order valence-electron chi connectivity index (χ3n) is 1.46. The summed E-state index contributed by atoms with van der Waals surface area (Å²) in [5.74, 6) is -0.417. The van der Waals surface area contributed by atoms with E-state index in [0.29, 0.717) is 6.42 Å². The largest absolute Gasteiger partial charge is 0.462 e. The minimum absolute atomic E-state index is 0.0326. The number of hydrogen-bond acceptors (Lipinski definition) is 3. The predicted octanol–water partition coefficient (Wildman–Crippen LogP) is 0.806. The van der Waals surface area contributed by atoms with Gasteiger partial charge in [0.2, 0.25) is 5.91 Å². The first-order valence-electron chi connectivity index (χ1n) is 4.40. The Bertz CT molecular complexity index is 189. The van der Waals surface area contributed by atoms with Gasteiger partial charge in [-0.15, -0.1) is 0 Å². The van der Waals surface area contributed by atoms with Gasteiger partial charge in [-0.1, -0.05) is 6.92 Å². The molecule has 0 saturated heterocycles. The van der Waals surface area contributed by atoms with Crippen LogP contribution in [0.1, 0.15) is 27.2 Å². The third kappa shape index (κ3) is 5.22. The number of nitrogens with zero attached hydrogens (tertiary/aromatic N) is 1. The first kappa shape index (κ1) is 11.9. The quantitative estimate of drug-likeness (QED) is 0.612. The Morgan fingerprint density at radius 2 is 1.92 bits per heavy atom. The molecular weight excluding hydrogens is 170 g/mol. The molecule has 0 bridgehead atoms. The van der Waals surface area contributed by atoms with E-state index in [9.17, 15) is 9.59 Å². The second-order valence-electron chi connectivity index (χ2n) is 3.14. The minimum atomic E-state index is -0.362. The lowest BCUT2D eigenvalue weighted by Gasteiger charge is -2.16. The minimum Gasteiger partial charge on any atom is -0.462 e. The summed E-state index contributed by atoms with van der Waals surface area (Å²) in [6.07, 6.45) is 0.281. The van der Waals surface area contributed by atoms with Gasteiger partial charge in [0.1, 0.15) is 6.54 Å². The summed E-state index contributed by atoms with van der Waals surface area (Å²) < 4.78 is 4.88. The molecule has 0 aromatic carbocycles. The van der Waals surface area contributed by atoms with Gasteiger partial charge in [-0.25, -0.2) is 0 Å². The molecule has 13 heavy (non-hydrogen) atoms. The molecule has 4 nitrogen and oxygen atoms in total. The molecule has 0 fully saturated rings. The van der Waals surface area contributed by atoms with Crippen molar-refractivity contribution in [2.45, 2.75) is 33.3 Å². The number of carbonyl (C=O) groups is 2. The van der Waals surface area contributed by atoms with Crippen molar-refractivity contribution in [2.75, 3.05) is 13.6 Å². The fourth-order valence-electron chi connectivity index (χ4n) is 0.852. The van der Waals surface area contributed by atoms with Gasteiger partial charge in [-0.3, -0.25) is 9.59 Å². The molecular formula is C9H17NO3. The number of ether oxygens (including phenoxy) is 1. The zero-order valence-electron chi connectivity index (χ0n) is 8.66. The first-order valence-corrected chi connectivity index (χ1v) is 4.40. The van der Waals surface area contributed by atoms with Crippen LogP contribution < -0.4 is 0 Å². The van der Waals surface area contributed by atoms with Crippen LogP contribution in [-0.2, 0) is 14.3 Å². The maximum atomic E-state index is 11.1. The SMILES string of the molecule is CCC(=O)N(C)CC(=O)OC(C)C. The summed E-state index contributed by atoms with van der Waals surface area (Å²) in [4.78, 5) is 23.5. The van der Waals surface area contributed by atoms with Gasteiger partial charge in [0.15, 0.2) is 0 Å². The second-order valence-corrected chi connectivity index (χ2v) is 3.14. The summed E-state index contributed by atoms with van der Waals surface area (Å²) >= 11 is 0. The average molecular weight is 187 g/mol. The standard InChI is InChI=1S/C9H17NO3/c1-5-8(11)10(4)6-9(12)13-7(2)3/h7H,5-6H2,1-4H3. The lowest BCUT2D eigenvalue weighted by atomic mass is 10.4. The fraction of sp³-hybridized carbons (Fsp3) is 0.778. The van der Waals surface area contributed by atoms with Crippen molar-refractivity contribution in [3.8, 4) is 0 Å². The maximum absolute atomic E-state index is 11.1. The Hall–Kier alpha value is -1.06. The van der Waals surface area contributed by atoms with Crippen molar-refractivity contribution in [3.63, 3.8) is 0 Å². The van der Waals surface area contributed by atoms with Gasteiger partial charge in [-0.05, 0) is 13.8 Å². The van der Waals surface area contributed by atoms with Crippen LogP contribution in [0.15, 0.2) is 0 Å². The molecule has 0 radical (unpaired) electrons. The van der Waals surface area contributed by atoms with Crippen LogP contribution in [0.5, 0.6) is 0 Å². The number of amides is 1. The van der Waals surface area contributed by atoms with Gasteiger partial charge in [0.25, 0.3) is 0 Å². The second kappa shape index (κ2) is 5.56. The molecule has 0 N–H and O–H groups in total. The Morgan fingerprint density at radius 3 is 2.31 bits per heavy atom. The molecule has 0 heterocycles. The van der Waals surface area contributed by atoms with E-state index < -0.39 is 0 Å². The maximum Gasteiger partial charge on any atom is 0.325 e. The van der Waals surface area contributed by atoms with Crippen LogP contribution in [0.4, 0.5) is 0 Å². The Labute approximate surface area is 78.9 Å². The Morgan fingerprint density at radius 1 is 1.38 bits per heavy atom. The lowest BCUT2D eigenvalue weighted by Crippen LogP contribution is -2.33. The van der Waals surface area contributed by atoms with Crippen molar-refractivity contribution in [3.05, 3.63) is 0 Å². The molecule has 0 spiro atoms. The van der Waals surface area contributed by atoms with Gasteiger partial charge in [-0.2, -0.15) is 0 Å². The molecule has 1 amide bonds. The van der Waals surface area contributed by atoms with Crippen molar-refractivity contribution < 1.29 is 14.3 Å². The molecule has 0 aliphatic carbocycles. The van der Waals surface area contributed by atoms with E-state index >= 15 is 0 Å². The van der Waals surface area contributed by atoms with Crippen LogP contribution in [0.3, 0.4) is 0 Å². The number of rotatable bonds is 4. The average Bonchev–Trinajstić information content (AvgIpc) is 2.01.